The molecule has 1 aromatic carbocycles. The predicted octanol–water partition coefficient (Wildman–Crippen LogP) is 6.36. The molecular weight excluding hydrogens is 602 g/mol. The lowest BCUT2D eigenvalue weighted by atomic mass is 9.84. The Kier molecular flexibility index (Phi) is 9.74. The number of hydrogen-bond donors (Lipinski definition) is 2. The molecule has 0 bridgehead atoms. The number of carbonyl (C=O) groups is 1. The van der Waals surface area contributed by atoms with Gasteiger partial charge in [0.25, 0.3) is 11.5 Å². The van der Waals surface area contributed by atoms with Gasteiger partial charge in [-0.2, -0.15) is 10.2 Å². The number of aromatic nitrogens is 4. The van der Waals surface area contributed by atoms with Gasteiger partial charge in [0.2, 0.25) is 0 Å². The molecule has 1 aliphatic rings. The first-order valence-corrected chi connectivity index (χ1v) is 14.0. The number of hydrogen-bond acceptors (Lipinski definition) is 7. The first kappa shape index (κ1) is 31.6. The number of benzene rings is 1. The molecule has 0 spiro atoms. The molecule has 10 nitrogen and oxygen atoms in total. The van der Waals surface area contributed by atoms with Crippen molar-refractivity contribution in [3.63, 3.8) is 0 Å². The largest absolute Gasteiger partial charge is 0.573 e. The predicted molar refractivity (Wildman–Crippen MR) is 149 cm³/mol. The van der Waals surface area contributed by atoms with Crippen LogP contribution >= 0.6 is 23.2 Å². The molecule has 3 aromatic rings. The Labute approximate surface area is 249 Å². The highest BCUT2D eigenvalue weighted by Crippen LogP contribution is 2.36. The molecule has 1 aliphatic carbocycles. The van der Waals surface area contributed by atoms with E-state index in [0.29, 0.717) is 6.42 Å². The fraction of sp³-hybridized carbons (Fsp3) is 0.481. The van der Waals surface area contributed by atoms with Crippen LogP contribution in [-0.4, -0.2) is 42.5 Å². The van der Waals surface area contributed by atoms with Crippen molar-refractivity contribution < 1.29 is 32.5 Å². The summed E-state index contributed by atoms with van der Waals surface area (Å²) >= 11 is 12.4. The zero-order valence-electron chi connectivity index (χ0n) is 22.8. The lowest BCUT2D eigenvalue weighted by Crippen LogP contribution is -2.37. The van der Waals surface area contributed by atoms with Gasteiger partial charge in [0.05, 0.1) is 23.4 Å². The standard InChI is InChI=1S/C27H30Cl2F3N5O5/c1-26(2,40)15-36-11-10-22(35-36)34-24(38)19(12-16-6-4-3-5-7-16)37-25(39)23(29)21(14-33-37)41-20-9-8-17(13-18(20)28)42-27(30,31)32/h8-11,13-14,16,19,40H,3-7,12,15H2,1-2H3,(H,34,35,38). The first-order chi connectivity index (χ1) is 19.7. The van der Waals surface area contributed by atoms with E-state index in [1.165, 1.54) is 4.68 Å². The normalized spacial score (nSPS) is 15.3. The molecule has 4 rings (SSSR count). The Morgan fingerprint density at radius 2 is 1.88 bits per heavy atom. The van der Waals surface area contributed by atoms with Crippen LogP contribution in [0.5, 0.6) is 17.2 Å². The molecule has 2 heterocycles. The van der Waals surface area contributed by atoms with Crippen molar-refractivity contribution in [1.82, 2.24) is 19.6 Å². The molecule has 1 saturated carbocycles. The first-order valence-electron chi connectivity index (χ1n) is 13.3. The van der Waals surface area contributed by atoms with Crippen molar-refractivity contribution in [3.8, 4) is 17.2 Å². The number of amides is 1. The summed E-state index contributed by atoms with van der Waals surface area (Å²) in [6.45, 7) is 3.47. The smallest absolute Gasteiger partial charge is 0.452 e. The Balaban J connectivity index is 1.58. The second kappa shape index (κ2) is 12.9. The minimum absolute atomic E-state index is 0.0924. The average Bonchev–Trinajstić information content (AvgIpc) is 3.31. The molecule has 2 aromatic heterocycles. The fourth-order valence-corrected chi connectivity index (χ4v) is 5.16. The molecule has 1 unspecified atom stereocenters. The van der Waals surface area contributed by atoms with Gasteiger partial charge in [-0.15, -0.1) is 13.2 Å². The van der Waals surface area contributed by atoms with E-state index in [-0.39, 0.29) is 34.8 Å². The van der Waals surface area contributed by atoms with Crippen LogP contribution < -0.4 is 20.3 Å². The molecule has 1 fully saturated rings. The van der Waals surface area contributed by atoms with E-state index in [4.69, 9.17) is 27.9 Å². The topological polar surface area (TPSA) is 121 Å². The second-order valence-electron chi connectivity index (χ2n) is 10.8. The number of carbonyl (C=O) groups excluding carboxylic acids is 1. The summed E-state index contributed by atoms with van der Waals surface area (Å²) in [5.41, 5.74) is -1.82. The van der Waals surface area contributed by atoms with E-state index in [2.05, 4.69) is 20.3 Å². The molecule has 42 heavy (non-hydrogen) atoms. The monoisotopic (exact) mass is 631 g/mol. The third-order valence-electron chi connectivity index (χ3n) is 6.59. The van der Waals surface area contributed by atoms with Crippen molar-refractivity contribution in [1.29, 1.82) is 0 Å². The zero-order chi connectivity index (χ0) is 30.7. The van der Waals surface area contributed by atoms with E-state index < -0.39 is 40.2 Å². The van der Waals surface area contributed by atoms with Gasteiger partial charge in [0.1, 0.15) is 17.5 Å². The Hall–Kier alpha value is -3.29. The highest BCUT2D eigenvalue weighted by Gasteiger charge is 2.32. The number of nitrogens with one attached hydrogen (secondary N) is 1. The lowest BCUT2D eigenvalue weighted by Gasteiger charge is -2.26. The molecule has 1 atom stereocenters. The van der Waals surface area contributed by atoms with Crippen molar-refractivity contribution in [2.75, 3.05) is 5.32 Å². The highest BCUT2D eigenvalue weighted by atomic mass is 35.5. The molecule has 2 N–H and O–H groups in total. The second-order valence-corrected chi connectivity index (χ2v) is 11.6. The van der Waals surface area contributed by atoms with Crippen LogP contribution in [0.1, 0.15) is 58.4 Å². The van der Waals surface area contributed by atoms with Gasteiger partial charge in [-0.3, -0.25) is 14.3 Å². The fourth-order valence-electron chi connectivity index (χ4n) is 4.78. The number of rotatable bonds is 10. The van der Waals surface area contributed by atoms with Crippen LogP contribution in [0.2, 0.25) is 10.0 Å². The van der Waals surface area contributed by atoms with Gasteiger partial charge in [0, 0.05) is 18.3 Å². The summed E-state index contributed by atoms with van der Waals surface area (Å²) in [4.78, 5) is 26.9. The quantitative estimate of drug-likeness (QED) is 0.267. The Bertz CT molecular complexity index is 1470. The van der Waals surface area contributed by atoms with E-state index in [0.717, 1.165) is 61.2 Å². The maximum absolute atomic E-state index is 13.5. The lowest BCUT2D eigenvalue weighted by molar-refractivity contribution is -0.274. The van der Waals surface area contributed by atoms with Crippen molar-refractivity contribution in [3.05, 3.63) is 57.1 Å². The SMILES string of the molecule is CC(C)(O)Cn1ccc(NC(=O)C(CC2CCCCC2)n2ncc(Oc3ccc(OC(F)(F)F)cc3Cl)c(Cl)c2=O)n1. The van der Waals surface area contributed by atoms with Crippen molar-refractivity contribution >= 4 is 34.9 Å². The van der Waals surface area contributed by atoms with Crippen molar-refractivity contribution in [2.45, 2.75) is 76.9 Å². The molecule has 1 amide bonds. The maximum atomic E-state index is 13.5. The van der Waals surface area contributed by atoms with Gasteiger partial charge in [-0.05, 0) is 38.3 Å². The number of anilines is 1. The third kappa shape index (κ3) is 8.62. The van der Waals surface area contributed by atoms with E-state index in [9.17, 15) is 27.9 Å². The average molecular weight is 632 g/mol. The molecule has 0 saturated heterocycles. The Morgan fingerprint density at radius 1 is 1.17 bits per heavy atom. The summed E-state index contributed by atoms with van der Waals surface area (Å²) in [6, 6.07) is 3.58. The van der Waals surface area contributed by atoms with Crippen LogP contribution in [0, 0.1) is 5.92 Å². The van der Waals surface area contributed by atoms with Crippen LogP contribution in [-0.2, 0) is 11.3 Å². The number of nitrogens with zero attached hydrogens (tertiary/aromatic N) is 4. The van der Waals surface area contributed by atoms with E-state index in [1.807, 2.05) is 0 Å². The number of ether oxygens (including phenoxy) is 2. The van der Waals surface area contributed by atoms with Crippen LogP contribution in [0.15, 0.2) is 41.5 Å². The number of aliphatic hydroxyl groups is 1. The maximum Gasteiger partial charge on any atom is 0.573 e. The van der Waals surface area contributed by atoms with Gasteiger partial charge in [0.15, 0.2) is 16.6 Å². The Morgan fingerprint density at radius 3 is 2.52 bits per heavy atom. The van der Waals surface area contributed by atoms with Gasteiger partial charge in [-0.25, -0.2) is 4.68 Å². The number of alkyl halides is 3. The van der Waals surface area contributed by atoms with Crippen LogP contribution in [0.25, 0.3) is 0 Å². The zero-order valence-corrected chi connectivity index (χ0v) is 24.3. The molecule has 15 heteroatoms. The minimum atomic E-state index is -4.90. The van der Waals surface area contributed by atoms with Gasteiger partial charge >= 0.3 is 6.36 Å². The third-order valence-corrected chi connectivity index (χ3v) is 7.23. The number of halogens is 5. The van der Waals surface area contributed by atoms with Crippen LogP contribution in [0.3, 0.4) is 0 Å². The van der Waals surface area contributed by atoms with Gasteiger partial charge in [-0.1, -0.05) is 55.3 Å². The summed E-state index contributed by atoms with van der Waals surface area (Å²) in [5, 5.41) is 20.6. The summed E-state index contributed by atoms with van der Waals surface area (Å²) in [5.74, 6) is -0.944. The molecule has 0 radical (unpaired) electrons. The highest BCUT2D eigenvalue weighted by molar-refractivity contribution is 6.32. The summed E-state index contributed by atoms with van der Waals surface area (Å²) < 4.78 is 49.4. The van der Waals surface area contributed by atoms with E-state index in [1.54, 1.807) is 26.1 Å². The van der Waals surface area contributed by atoms with Crippen LogP contribution in [0.4, 0.5) is 19.0 Å². The summed E-state index contributed by atoms with van der Waals surface area (Å²) in [6.07, 6.45) is 3.14. The van der Waals surface area contributed by atoms with Gasteiger partial charge < -0.3 is 19.9 Å². The summed E-state index contributed by atoms with van der Waals surface area (Å²) in [7, 11) is 0. The van der Waals surface area contributed by atoms with Crippen molar-refractivity contribution in [2.24, 2.45) is 5.92 Å². The molecule has 228 valence electrons. The van der Waals surface area contributed by atoms with E-state index >= 15 is 0 Å². The molecule has 0 aliphatic heterocycles. The molecular formula is C27H30Cl2F3N5O5. The minimum Gasteiger partial charge on any atom is -0.452 e.